The molecule has 1 aliphatic heterocycles. The number of likely N-dealkylation sites (tertiary alicyclic amines) is 1. The lowest BCUT2D eigenvalue weighted by atomic mass is 9.92. The molecule has 2 fully saturated rings. The molecule has 0 radical (unpaired) electrons. The summed E-state index contributed by atoms with van der Waals surface area (Å²) in [6.45, 7) is 8.87. The van der Waals surface area contributed by atoms with E-state index in [0.717, 1.165) is 0 Å². The summed E-state index contributed by atoms with van der Waals surface area (Å²) in [6.07, 6.45) is 2.43. The lowest BCUT2D eigenvalue weighted by Gasteiger charge is -2.40. The van der Waals surface area contributed by atoms with Gasteiger partial charge in [0.25, 0.3) is 0 Å². The highest BCUT2D eigenvalue weighted by Gasteiger charge is 2.39. The molecule has 126 valence electrons. The molecule has 2 N–H and O–H groups in total. The van der Waals surface area contributed by atoms with Gasteiger partial charge in [-0.05, 0) is 52.9 Å². The van der Waals surface area contributed by atoms with Gasteiger partial charge in [-0.1, -0.05) is 0 Å². The molecule has 6 heteroatoms. The Bertz CT molecular complexity index is 428. The van der Waals surface area contributed by atoms with E-state index in [1.54, 1.807) is 0 Å². The first-order chi connectivity index (χ1) is 10.2. The Morgan fingerprint density at radius 3 is 2.41 bits per heavy atom. The van der Waals surface area contributed by atoms with Crippen molar-refractivity contribution < 1.29 is 19.4 Å². The Kier molecular flexibility index (Phi) is 5.00. The summed E-state index contributed by atoms with van der Waals surface area (Å²) >= 11 is 0. The minimum absolute atomic E-state index is 0.175. The average Bonchev–Trinajstić information content (AvgIpc) is 3.19. The summed E-state index contributed by atoms with van der Waals surface area (Å²) in [5, 5.41) is 12.2. The minimum atomic E-state index is -0.788. The van der Waals surface area contributed by atoms with Crippen LogP contribution in [0.4, 0.5) is 4.79 Å². The second-order valence-electron chi connectivity index (χ2n) is 7.65. The van der Waals surface area contributed by atoms with Gasteiger partial charge in [-0.2, -0.15) is 0 Å². The van der Waals surface area contributed by atoms with Gasteiger partial charge in [-0.15, -0.1) is 0 Å². The highest BCUT2D eigenvalue weighted by molar-refractivity contribution is 5.71. The first kappa shape index (κ1) is 17.1. The molecule has 2 rings (SSSR count). The van der Waals surface area contributed by atoms with Crippen molar-refractivity contribution in [3.8, 4) is 0 Å². The quantitative estimate of drug-likeness (QED) is 0.831. The molecule has 22 heavy (non-hydrogen) atoms. The van der Waals surface area contributed by atoms with E-state index in [4.69, 9.17) is 4.74 Å². The Morgan fingerprint density at radius 1 is 1.27 bits per heavy atom. The number of nitrogens with zero attached hydrogens (tertiary/aromatic N) is 1. The summed E-state index contributed by atoms with van der Waals surface area (Å²) in [5.41, 5.74) is -0.550. The monoisotopic (exact) mass is 312 g/mol. The molecule has 1 amide bonds. The van der Waals surface area contributed by atoms with Gasteiger partial charge in [-0.25, -0.2) is 4.79 Å². The van der Waals surface area contributed by atoms with Crippen molar-refractivity contribution in [2.75, 3.05) is 13.1 Å². The van der Waals surface area contributed by atoms with Gasteiger partial charge in [0.05, 0.1) is 5.92 Å². The number of alkyl carbamates (subject to hydrolysis) is 1. The lowest BCUT2D eigenvalue weighted by molar-refractivity contribution is -0.144. The number of carbonyl (C=O) groups excluding carboxylic acids is 1. The molecule has 0 aromatic carbocycles. The zero-order valence-electron chi connectivity index (χ0n) is 14.0. The minimum Gasteiger partial charge on any atom is -0.481 e. The molecular formula is C16H28N2O4. The van der Waals surface area contributed by atoms with Crippen LogP contribution in [0, 0.1) is 11.8 Å². The summed E-state index contributed by atoms with van der Waals surface area (Å²) < 4.78 is 5.28. The summed E-state index contributed by atoms with van der Waals surface area (Å²) in [4.78, 5) is 25.5. The standard InChI is InChI=1S/C16H28N2O4/c1-10(11-5-6-11)18-8-12(14(19)20)7-13(9-18)17-15(21)22-16(2,3)4/h10-13H,5-9H2,1-4H3,(H,17,21)(H,19,20). The highest BCUT2D eigenvalue weighted by atomic mass is 16.6. The van der Waals surface area contributed by atoms with E-state index in [-0.39, 0.29) is 6.04 Å². The average molecular weight is 312 g/mol. The fourth-order valence-corrected chi connectivity index (χ4v) is 3.10. The van der Waals surface area contributed by atoms with Gasteiger partial charge in [-0.3, -0.25) is 9.69 Å². The van der Waals surface area contributed by atoms with Crippen molar-refractivity contribution in [2.24, 2.45) is 11.8 Å². The maximum Gasteiger partial charge on any atom is 0.407 e. The van der Waals surface area contributed by atoms with Crippen LogP contribution in [-0.2, 0) is 9.53 Å². The van der Waals surface area contributed by atoms with Crippen molar-refractivity contribution in [3.05, 3.63) is 0 Å². The highest BCUT2D eigenvalue weighted by Crippen LogP contribution is 2.36. The van der Waals surface area contributed by atoms with Crippen LogP contribution in [0.2, 0.25) is 0 Å². The molecule has 0 spiro atoms. The van der Waals surface area contributed by atoms with Gasteiger partial charge in [0, 0.05) is 25.2 Å². The number of carbonyl (C=O) groups is 2. The zero-order valence-corrected chi connectivity index (χ0v) is 14.0. The number of hydrogen-bond donors (Lipinski definition) is 2. The van der Waals surface area contributed by atoms with Gasteiger partial charge in [0.15, 0.2) is 0 Å². The fraction of sp³-hybridized carbons (Fsp3) is 0.875. The largest absolute Gasteiger partial charge is 0.481 e. The number of aliphatic carboxylic acids is 1. The van der Waals surface area contributed by atoms with Crippen LogP contribution in [0.25, 0.3) is 0 Å². The number of ether oxygens (including phenoxy) is 1. The molecule has 2 aliphatic rings. The topological polar surface area (TPSA) is 78.9 Å². The Morgan fingerprint density at radius 2 is 1.91 bits per heavy atom. The second kappa shape index (κ2) is 6.44. The molecule has 1 aliphatic carbocycles. The van der Waals surface area contributed by atoms with E-state index in [0.29, 0.717) is 31.5 Å². The van der Waals surface area contributed by atoms with Crippen LogP contribution in [-0.4, -0.2) is 52.8 Å². The molecule has 1 saturated carbocycles. The molecule has 0 aromatic heterocycles. The van der Waals surface area contributed by atoms with Crippen LogP contribution in [0.1, 0.15) is 47.0 Å². The number of amides is 1. The van der Waals surface area contributed by atoms with Crippen LogP contribution in [0.15, 0.2) is 0 Å². The van der Waals surface area contributed by atoms with Crippen LogP contribution in [0.3, 0.4) is 0 Å². The third kappa shape index (κ3) is 4.87. The van der Waals surface area contributed by atoms with Crippen molar-refractivity contribution >= 4 is 12.1 Å². The lowest BCUT2D eigenvalue weighted by Crippen LogP contribution is -2.55. The van der Waals surface area contributed by atoms with Gasteiger partial charge in [0.1, 0.15) is 5.60 Å². The molecule has 1 saturated heterocycles. The normalized spacial score (nSPS) is 28.0. The molecule has 6 nitrogen and oxygen atoms in total. The third-order valence-corrected chi connectivity index (χ3v) is 4.43. The van der Waals surface area contributed by atoms with E-state index in [2.05, 4.69) is 17.1 Å². The van der Waals surface area contributed by atoms with Crippen LogP contribution >= 0.6 is 0 Å². The predicted molar refractivity (Wildman–Crippen MR) is 82.7 cm³/mol. The van der Waals surface area contributed by atoms with Crippen LogP contribution in [0.5, 0.6) is 0 Å². The van der Waals surface area contributed by atoms with Gasteiger partial charge >= 0.3 is 12.1 Å². The number of nitrogens with one attached hydrogen (secondary N) is 1. The number of piperidine rings is 1. The first-order valence-corrected chi connectivity index (χ1v) is 8.12. The zero-order chi connectivity index (χ0) is 16.5. The molecular weight excluding hydrogens is 284 g/mol. The summed E-state index contributed by atoms with van der Waals surface area (Å²) in [6, 6.07) is 0.205. The van der Waals surface area contributed by atoms with Crippen molar-refractivity contribution in [2.45, 2.75) is 64.6 Å². The number of rotatable bonds is 4. The molecule has 0 aromatic rings. The molecule has 3 atom stereocenters. The van der Waals surface area contributed by atoms with E-state index in [1.165, 1.54) is 12.8 Å². The number of carboxylic acids is 1. The first-order valence-electron chi connectivity index (χ1n) is 8.12. The fourth-order valence-electron chi connectivity index (χ4n) is 3.10. The maximum absolute atomic E-state index is 11.9. The number of carboxylic acid groups (broad SMARTS) is 1. The summed E-state index contributed by atoms with van der Waals surface area (Å²) in [5.74, 6) is -0.548. The van der Waals surface area contributed by atoms with E-state index >= 15 is 0 Å². The van der Waals surface area contributed by atoms with E-state index in [1.807, 2.05) is 20.8 Å². The number of hydrogen-bond acceptors (Lipinski definition) is 4. The third-order valence-electron chi connectivity index (χ3n) is 4.43. The van der Waals surface area contributed by atoms with Crippen molar-refractivity contribution in [1.29, 1.82) is 0 Å². The molecule has 0 bridgehead atoms. The Labute approximate surface area is 132 Å². The van der Waals surface area contributed by atoms with E-state index in [9.17, 15) is 14.7 Å². The Hall–Kier alpha value is -1.30. The SMILES string of the molecule is CC(C1CC1)N1CC(NC(=O)OC(C)(C)C)CC(C(=O)O)C1. The van der Waals surface area contributed by atoms with Crippen LogP contribution < -0.4 is 5.32 Å². The van der Waals surface area contributed by atoms with Crippen molar-refractivity contribution in [3.63, 3.8) is 0 Å². The predicted octanol–water partition coefficient (Wildman–Crippen LogP) is 2.08. The Balaban J connectivity index is 1.96. The van der Waals surface area contributed by atoms with Gasteiger partial charge in [0.2, 0.25) is 0 Å². The molecule has 1 heterocycles. The summed E-state index contributed by atoms with van der Waals surface area (Å²) in [7, 11) is 0. The second-order valence-corrected chi connectivity index (χ2v) is 7.65. The molecule has 3 unspecified atom stereocenters. The maximum atomic E-state index is 11.9. The van der Waals surface area contributed by atoms with Crippen molar-refractivity contribution in [1.82, 2.24) is 10.2 Å². The smallest absolute Gasteiger partial charge is 0.407 e. The van der Waals surface area contributed by atoms with Gasteiger partial charge < -0.3 is 15.2 Å². The van der Waals surface area contributed by atoms with E-state index < -0.39 is 23.6 Å².